The third kappa shape index (κ3) is 4.36. The van der Waals surface area contributed by atoms with Crippen molar-refractivity contribution in [2.45, 2.75) is 32.6 Å². The van der Waals surface area contributed by atoms with E-state index in [2.05, 4.69) is 27.8 Å². The number of hydrogen-bond donors (Lipinski definition) is 1. The Balaban J connectivity index is 2.07. The third-order valence-corrected chi connectivity index (χ3v) is 5.53. The first-order chi connectivity index (χ1) is 14.2. The lowest BCUT2D eigenvalue weighted by atomic mass is 10.0. The van der Waals surface area contributed by atoms with Crippen LogP contribution in [-0.2, 0) is 12.8 Å². The largest absolute Gasteiger partial charge is 0.481 e. The van der Waals surface area contributed by atoms with Crippen molar-refractivity contribution in [3.05, 3.63) is 58.9 Å². The van der Waals surface area contributed by atoms with Crippen molar-refractivity contribution in [3.63, 3.8) is 0 Å². The topological polar surface area (TPSA) is 56.2 Å². The van der Waals surface area contributed by atoms with Gasteiger partial charge >= 0.3 is 0 Å². The molecule has 1 atom stereocenters. The molecule has 0 aliphatic heterocycles. The van der Waals surface area contributed by atoms with Crippen LogP contribution in [0, 0.1) is 11.6 Å². The van der Waals surface area contributed by atoms with Crippen LogP contribution in [0.2, 0.25) is 0 Å². The summed E-state index contributed by atoms with van der Waals surface area (Å²) in [5.41, 5.74) is 2.75. The summed E-state index contributed by atoms with van der Waals surface area (Å²) in [7, 11) is 1.01. The summed E-state index contributed by atoms with van der Waals surface area (Å²) in [6.45, 7) is 6.22. The predicted molar refractivity (Wildman–Crippen MR) is 118 cm³/mol. The molecule has 0 fully saturated rings. The highest BCUT2D eigenvalue weighted by molar-refractivity contribution is 7.53. The summed E-state index contributed by atoms with van der Waals surface area (Å²) in [6.07, 6.45) is 6.56. The van der Waals surface area contributed by atoms with Crippen molar-refractivity contribution in [2.24, 2.45) is 0 Å². The first-order valence-corrected chi connectivity index (χ1v) is 11.7. The fourth-order valence-corrected chi connectivity index (χ4v) is 4.30. The van der Waals surface area contributed by atoms with E-state index in [0.29, 0.717) is 23.3 Å². The van der Waals surface area contributed by atoms with Crippen LogP contribution in [0.4, 0.5) is 8.78 Å². The Morgan fingerprint density at radius 3 is 2.63 bits per heavy atom. The Bertz CT molecular complexity index is 1130. The number of fused-ring (bicyclic) bond motifs is 1. The molecule has 0 aliphatic rings. The third-order valence-electron chi connectivity index (χ3n) is 4.77. The molecular weight excluding hydrogens is 407 g/mol. The smallest absolute Gasteiger partial charge is 0.254 e. The van der Waals surface area contributed by atoms with Gasteiger partial charge in [0.05, 0.1) is 37.4 Å². The van der Waals surface area contributed by atoms with E-state index >= 15 is 0 Å². The molecule has 0 bridgehead atoms. The molecular formula is C22H25F2N3O2P+. The van der Waals surface area contributed by atoms with Gasteiger partial charge in [0, 0.05) is 23.7 Å². The normalized spacial score (nSPS) is 11.8. The molecule has 3 aromatic rings. The van der Waals surface area contributed by atoms with Crippen molar-refractivity contribution in [1.29, 1.82) is 0 Å². The van der Waals surface area contributed by atoms with Crippen molar-refractivity contribution in [3.8, 4) is 5.88 Å². The Kier molecular flexibility index (Phi) is 6.52. The predicted octanol–water partition coefficient (Wildman–Crippen LogP) is 4.88. The number of methoxy groups -OCH3 is 1. The summed E-state index contributed by atoms with van der Waals surface area (Å²) >= 11 is 0. The van der Waals surface area contributed by atoms with Gasteiger partial charge in [-0.1, -0.05) is 19.9 Å². The molecule has 158 valence electrons. The number of nitrogens with zero attached hydrogens (tertiary/aromatic N) is 2. The highest BCUT2D eigenvalue weighted by atomic mass is 31.1. The van der Waals surface area contributed by atoms with Crippen molar-refractivity contribution >= 4 is 30.7 Å². The Morgan fingerprint density at radius 1 is 1.30 bits per heavy atom. The zero-order valence-corrected chi connectivity index (χ0v) is 18.4. The van der Waals surface area contributed by atoms with Gasteiger partial charge in [-0.15, -0.1) is 0 Å². The highest BCUT2D eigenvalue weighted by Gasteiger charge is 2.26. The van der Waals surface area contributed by atoms with Crippen molar-refractivity contribution < 1.29 is 18.3 Å². The van der Waals surface area contributed by atoms with Crippen LogP contribution in [0.25, 0.3) is 10.9 Å². The summed E-state index contributed by atoms with van der Waals surface area (Å²) in [4.78, 5) is 17.6. The monoisotopic (exact) mass is 432 g/mol. The lowest BCUT2D eigenvalue weighted by molar-refractivity contribution is 0.0951. The fourth-order valence-electron chi connectivity index (χ4n) is 3.51. The maximum Gasteiger partial charge on any atom is 0.254 e. The van der Waals surface area contributed by atoms with Gasteiger partial charge in [-0.3, -0.25) is 4.79 Å². The van der Waals surface area contributed by atoms with E-state index in [0.717, 1.165) is 28.7 Å². The van der Waals surface area contributed by atoms with E-state index in [1.54, 1.807) is 12.3 Å². The maximum atomic E-state index is 13.5. The van der Waals surface area contributed by atoms with E-state index in [-0.39, 0.29) is 18.4 Å². The van der Waals surface area contributed by atoms with E-state index in [9.17, 15) is 13.6 Å². The van der Waals surface area contributed by atoms with Gasteiger partial charge in [0.25, 0.3) is 5.91 Å². The molecule has 8 heteroatoms. The zero-order chi connectivity index (χ0) is 22.0. The van der Waals surface area contributed by atoms with E-state index in [4.69, 9.17) is 4.74 Å². The highest BCUT2D eigenvalue weighted by Crippen LogP contribution is 2.35. The van der Waals surface area contributed by atoms with Gasteiger partial charge in [0.2, 0.25) is 5.88 Å². The number of aromatic nitrogens is 2. The molecule has 0 saturated carbocycles. The van der Waals surface area contributed by atoms with E-state index < -0.39 is 19.2 Å². The lowest BCUT2D eigenvalue weighted by Gasteiger charge is -2.13. The molecule has 5 nitrogen and oxygen atoms in total. The molecule has 1 amide bonds. The molecule has 30 heavy (non-hydrogen) atoms. The van der Waals surface area contributed by atoms with Gasteiger partial charge in [-0.2, -0.15) is 0 Å². The molecule has 0 saturated heterocycles. The first kappa shape index (κ1) is 21.9. The number of rotatable bonds is 7. The van der Waals surface area contributed by atoms with E-state index in [1.165, 1.54) is 13.2 Å². The number of halogens is 2. The molecule has 0 radical (unpaired) electrons. The van der Waals surface area contributed by atoms with Gasteiger partial charge in [-0.25, -0.2) is 13.8 Å². The van der Waals surface area contributed by atoms with Gasteiger partial charge < -0.3 is 14.6 Å². The average molecular weight is 432 g/mol. The first-order valence-electron chi connectivity index (χ1n) is 9.52. The number of nitrogens with one attached hydrogen (secondary N) is 1. The lowest BCUT2D eigenvalue weighted by Crippen LogP contribution is -2.24. The number of carbonyl (C=O) groups is 1. The summed E-state index contributed by atoms with van der Waals surface area (Å²) in [5.74, 6) is -1.66. The second-order valence-electron chi connectivity index (χ2n) is 7.52. The van der Waals surface area contributed by atoms with Crippen LogP contribution in [0.1, 0.15) is 41.4 Å². The number of carbonyl (C=O) groups excluding carboxylic acids is 1. The van der Waals surface area contributed by atoms with E-state index in [1.807, 2.05) is 13.8 Å². The Hall–Kier alpha value is -2.79. The number of ether oxygens (including phenoxy) is 1. The number of pyridine rings is 1. The van der Waals surface area contributed by atoms with Gasteiger partial charge in [-0.05, 0) is 23.6 Å². The summed E-state index contributed by atoms with van der Waals surface area (Å²) in [6, 6.07) is 5.34. The quantitative estimate of drug-likeness (QED) is 0.542. The summed E-state index contributed by atoms with van der Waals surface area (Å²) in [5, 5.41) is 3.58. The maximum absolute atomic E-state index is 13.5. The molecule has 2 heterocycles. The Labute approximate surface area is 175 Å². The Morgan fingerprint density at radius 2 is 2.03 bits per heavy atom. The molecule has 2 aromatic heterocycles. The second kappa shape index (κ2) is 8.92. The number of benzene rings is 1. The van der Waals surface area contributed by atoms with Gasteiger partial charge in [0.15, 0.2) is 17.9 Å². The minimum atomic E-state index is -0.941. The zero-order valence-electron chi connectivity index (χ0n) is 17.5. The van der Waals surface area contributed by atoms with Crippen LogP contribution in [0.5, 0.6) is 5.88 Å². The standard InChI is InChI=1S/C22H24F2N3O2P/c1-13(2)21-20(22(28)26-10-14-6-7-16(23)17(24)8-14)15-9-19(29-3)25-11-18(15)27(21)12-30(4)5/h6-9,11,13H,4,10,12H2,1-3,5H3/p+1. The average Bonchev–Trinajstić information content (AvgIpc) is 3.01. The summed E-state index contributed by atoms with van der Waals surface area (Å²) < 4.78 is 34.0. The van der Waals surface area contributed by atoms with Crippen LogP contribution in [0.3, 0.4) is 0 Å². The molecule has 0 spiro atoms. The molecule has 1 unspecified atom stereocenters. The fraction of sp³-hybridized carbons (Fsp3) is 0.318. The van der Waals surface area contributed by atoms with Crippen LogP contribution in [0.15, 0.2) is 30.5 Å². The number of hydrogen-bond acceptors (Lipinski definition) is 3. The van der Waals surface area contributed by atoms with Crippen molar-refractivity contribution in [1.82, 2.24) is 14.9 Å². The minimum absolute atomic E-state index is 0.0716. The second-order valence-corrected chi connectivity index (χ2v) is 9.51. The molecule has 0 aliphatic carbocycles. The van der Waals surface area contributed by atoms with Crippen LogP contribution < -0.4 is 10.1 Å². The van der Waals surface area contributed by atoms with Gasteiger partial charge in [0.1, 0.15) is 7.55 Å². The number of amides is 1. The molecule has 3 rings (SSSR count). The minimum Gasteiger partial charge on any atom is -0.481 e. The van der Waals surface area contributed by atoms with Crippen LogP contribution in [-0.4, -0.2) is 35.5 Å². The SMILES string of the molecule is C=[P+](C)Cn1c(C(C)C)c(C(=O)NCc2ccc(F)c(F)c2)c2cc(OC)ncc21. The molecule has 1 aromatic carbocycles. The van der Waals surface area contributed by atoms with Crippen LogP contribution >= 0.6 is 7.55 Å². The van der Waals surface area contributed by atoms with Crippen molar-refractivity contribution in [2.75, 3.05) is 13.8 Å². The molecule has 1 N–H and O–H groups in total.